The zero-order valence-corrected chi connectivity index (χ0v) is 16.9. The number of hydrogen-bond donors (Lipinski definition) is 2. The summed E-state index contributed by atoms with van der Waals surface area (Å²) in [4.78, 5) is 35.2. The second kappa shape index (κ2) is 10.6. The van der Waals surface area contributed by atoms with E-state index in [-0.39, 0.29) is 36.8 Å². The predicted molar refractivity (Wildman–Crippen MR) is 108 cm³/mol. The summed E-state index contributed by atoms with van der Waals surface area (Å²) < 4.78 is 15.5. The maximum absolute atomic E-state index is 12.5. The Balaban J connectivity index is 2.02. The van der Waals surface area contributed by atoms with E-state index < -0.39 is 22.4 Å². The van der Waals surface area contributed by atoms with Gasteiger partial charge in [0.2, 0.25) is 5.91 Å². The molecule has 0 atom stereocenters. The van der Waals surface area contributed by atoms with Crippen LogP contribution in [0.4, 0.5) is 5.69 Å². The number of nitrogens with zero attached hydrogens (tertiary/aromatic N) is 1. The fourth-order valence-corrected chi connectivity index (χ4v) is 2.57. The summed E-state index contributed by atoms with van der Waals surface area (Å²) in [5.74, 6) is -0.188. The van der Waals surface area contributed by atoms with E-state index in [4.69, 9.17) is 14.2 Å². The molecule has 0 heterocycles. The number of ether oxygens (including phenoxy) is 3. The van der Waals surface area contributed by atoms with Gasteiger partial charge in [-0.25, -0.2) is 0 Å². The SMILES string of the molecule is CCOc1cc(C(=O)NCC(=O)NCc2ccc(OC)cc2)c([N+](=O)[O-])cc1OC. The van der Waals surface area contributed by atoms with Gasteiger partial charge in [0.15, 0.2) is 11.5 Å². The highest BCUT2D eigenvalue weighted by Gasteiger charge is 2.25. The molecule has 0 radical (unpaired) electrons. The molecule has 10 heteroatoms. The van der Waals surface area contributed by atoms with Gasteiger partial charge in [-0.2, -0.15) is 0 Å². The zero-order valence-electron chi connectivity index (χ0n) is 16.9. The molecule has 30 heavy (non-hydrogen) atoms. The molecule has 2 aromatic carbocycles. The molecule has 2 aromatic rings. The lowest BCUT2D eigenvalue weighted by atomic mass is 10.1. The highest BCUT2D eigenvalue weighted by atomic mass is 16.6. The van der Waals surface area contributed by atoms with Gasteiger partial charge in [0, 0.05) is 12.6 Å². The molecule has 2 amide bonds. The Morgan fingerprint density at radius 3 is 2.30 bits per heavy atom. The van der Waals surface area contributed by atoms with E-state index in [2.05, 4.69) is 10.6 Å². The molecule has 2 N–H and O–H groups in total. The largest absolute Gasteiger partial charge is 0.497 e. The van der Waals surface area contributed by atoms with E-state index in [1.807, 2.05) is 0 Å². The number of nitrogens with one attached hydrogen (secondary N) is 2. The first-order valence-corrected chi connectivity index (χ1v) is 9.06. The van der Waals surface area contributed by atoms with Crippen molar-refractivity contribution in [2.24, 2.45) is 0 Å². The standard InChI is InChI=1S/C20H23N3O7/c1-4-30-18-9-15(16(23(26)27)10-17(18)29-3)20(25)22-12-19(24)21-11-13-5-7-14(28-2)8-6-13/h5-10H,4,11-12H2,1-3H3,(H,21,24)(H,22,25). The monoisotopic (exact) mass is 417 g/mol. The third-order valence-corrected chi connectivity index (χ3v) is 4.08. The van der Waals surface area contributed by atoms with Gasteiger partial charge in [-0.05, 0) is 24.6 Å². The van der Waals surface area contributed by atoms with Crippen LogP contribution in [0.5, 0.6) is 17.2 Å². The Morgan fingerprint density at radius 2 is 1.73 bits per heavy atom. The van der Waals surface area contributed by atoms with Crippen molar-refractivity contribution < 1.29 is 28.7 Å². The average Bonchev–Trinajstić information content (AvgIpc) is 2.76. The molecule has 0 saturated carbocycles. The minimum atomic E-state index is -0.773. The van der Waals surface area contributed by atoms with Crippen molar-refractivity contribution in [2.75, 3.05) is 27.4 Å². The molecule has 0 unspecified atom stereocenters. The molecule has 10 nitrogen and oxygen atoms in total. The minimum absolute atomic E-state index is 0.136. The van der Waals surface area contributed by atoms with E-state index >= 15 is 0 Å². The predicted octanol–water partition coefficient (Wildman–Crippen LogP) is 2.06. The van der Waals surface area contributed by atoms with Crippen molar-refractivity contribution in [3.63, 3.8) is 0 Å². The maximum atomic E-state index is 12.5. The van der Waals surface area contributed by atoms with Crippen LogP contribution >= 0.6 is 0 Å². The molecule has 2 rings (SSSR count). The van der Waals surface area contributed by atoms with Crippen LogP contribution in [0.3, 0.4) is 0 Å². The van der Waals surface area contributed by atoms with Crippen LogP contribution in [0.1, 0.15) is 22.8 Å². The van der Waals surface area contributed by atoms with Gasteiger partial charge in [-0.1, -0.05) is 12.1 Å². The van der Waals surface area contributed by atoms with Crippen LogP contribution in [0, 0.1) is 10.1 Å². The lowest BCUT2D eigenvalue weighted by Gasteiger charge is -2.12. The number of carbonyl (C=O) groups excluding carboxylic acids is 2. The second-order valence-electron chi connectivity index (χ2n) is 6.02. The van der Waals surface area contributed by atoms with Gasteiger partial charge >= 0.3 is 0 Å². The average molecular weight is 417 g/mol. The molecule has 0 spiro atoms. The van der Waals surface area contributed by atoms with Gasteiger partial charge in [0.1, 0.15) is 11.3 Å². The highest BCUT2D eigenvalue weighted by molar-refractivity contribution is 6.00. The Morgan fingerprint density at radius 1 is 1.03 bits per heavy atom. The molecule has 0 aliphatic heterocycles. The molecule has 160 valence electrons. The topological polar surface area (TPSA) is 129 Å². The Kier molecular flexibility index (Phi) is 7.98. The van der Waals surface area contributed by atoms with Gasteiger partial charge in [0.05, 0.1) is 38.4 Å². The lowest BCUT2D eigenvalue weighted by Crippen LogP contribution is -2.36. The van der Waals surface area contributed by atoms with E-state index in [0.717, 1.165) is 11.6 Å². The number of methoxy groups -OCH3 is 2. The zero-order chi connectivity index (χ0) is 22.1. The summed E-state index contributed by atoms with van der Waals surface area (Å²) >= 11 is 0. The fraction of sp³-hybridized carbons (Fsp3) is 0.300. The minimum Gasteiger partial charge on any atom is -0.497 e. The summed E-state index contributed by atoms with van der Waals surface area (Å²) in [7, 11) is 2.90. The summed E-state index contributed by atoms with van der Waals surface area (Å²) in [6, 6.07) is 9.47. The summed E-state index contributed by atoms with van der Waals surface area (Å²) in [5.41, 5.74) is 0.168. The van der Waals surface area contributed by atoms with Crippen molar-refractivity contribution in [3.8, 4) is 17.2 Å². The van der Waals surface area contributed by atoms with Crippen LogP contribution in [0.2, 0.25) is 0 Å². The third kappa shape index (κ3) is 5.84. The van der Waals surface area contributed by atoms with Crippen LogP contribution in [-0.4, -0.2) is 44.1 Å². The number of nitro groups is 1. The Bertz CT molecular complexity index is 913. The number of benzene rings is 2. The lowest BCUT2D eigenvalue weighted by molar-refractivity contribution is -0.385. The molecular formula is C20H23N3O7. The van der Waals surface area contributed by atoms with Crippen LogP contribution < -0.4 is 24.8 Å². The van der Waals surface area contributed by atoms with E-state index in [0.29, 0.717) is 5.75 Å². The molecule has 0 bridgehead atoms. The molecule has 0 saturated heterocycles. The van der Waals surface area contributed by atoms with Crippen molar-refractivity contribution in [2.45, 2.75) is 13.5 Å². The first-order chi connectivity index (χ1) is 14.4. The molecular weight excluding hydrogens is 394 g/mol. The van der Waals surface area contributed by atoms with E-state index in [1.54, 1.807) is 38.3 Å². The van der Waals surface area contributed by atoms with E-state index in [9.17, 15) is 19.7 Å². The van der Waals surface area contributed by atoms with Gasteiger partial charge in [0.25, 0.3) is 11.6 Å². The summed E-state index contributed by atoms with van der Waals surface area (Å²) in [5, 5.41) is 16.4. The summed E-state index contributed by atoms with van der Waals surface area (Å²) in [6.07, 6.45) is 0. The number of carbonyl (C=O) groups is 2. The number of hydrogen-bond acceptors (Lipinski definition) is 7. The number of rotatable bonds is 10. The fourth-order valence-electron chi connectivity index (χ4n) is 2.57. The van der Waals surface area contributed by atoms with Gasteiger partial charge < -0.3 is 24.8 Å². The number of nitro benzene ring substituents is 1. The first-order valence-electron chi connectivity index (χ1n) is 9.06. The summed E-state index contributed by atoms with van der Waals surface area (Å²) in [6.45, 7) is 1.93. The molecule has 0 aliphatic rings. The maximum Gasteiger partial charge on any atom is 0.286 e. The quantitative estimate of drug-likeness (QED) is 0.447. The van der Waals surface area contributed by atoms with Crippen molar-refractivity contribution in [1.29, 1.82) is 0 Å². The van der Waals surface area contributed by atoms with Gasteiger partial charge in [-0.3, -0.25) is 19.7 Å². The number of amides is 2. The van der Waals surface area contributed by atoms with Gasteiger partial charge in [-0.15, -0.1) is 0 Å². The molecule has 0 fully saturated rings. The third-order valence-electron chi connectivity index (χ3n) is 4.08. The molecule has 0 aliphatic carbocycles. The van der Waals surface area contributed by atoms with Crippen LogP contribution in [0.15, 0.2) is 36.4 Å². The Hall–Kier alpha value is -3.82. The Labute approximate surface area is 173 Å². The normalized spacial score (nSPS) is 10.1. The van der Waals surface area contributed by atoms with Crippen molar-refractivity contribution in [3.05, 3.63) is 57.6 Å². The van der Waals surface area contributed by atoms with Crippen LogP contribution in [-0.2, 0) is 11.3 Å². The first kappa shape index (κ1) is 22.5. The van der Waals surface area contributed by atoms with Crippen molar-refractivity contribution in [1.82, 2.24) is 10.6 Å². The highest BCUT2D eigenvalue weighted by Crippen LogP contribution is 2.34. The van der Waals surface area contributed by atoms with Crippen LogP contribution in [0.25, 0.3) is 0 Å². The smallest absolute Gasteiger partial charge is 0.286 e. The van der Waals surface area contributed by atoms with Crippen molar-refractivity contribution >= 4 is 17.5 Å². The van der Waals surface area contributed by atoms with E-state index in [1.165, 1.54) is 13.2 Å². The molecule has 0 aromatic heterocycles. The second-order valence-corrected chi connectivity index (χ2v) is 6.02.